The van der Waals surface area contributed by atoms with Crippen LogP contribution in [0.5, 0.6) is 11.5 Å². The van der Waals surface area contributed by atoms with Crippen LogP contribution in [0, 0.1) is 0 Å². The maximum Gasteiger partial charge on any atom is 0.229 e. The number of ether oxygens (including phenoxy) is 1. The highest BCUT2D eigenvalue weighted by Gasteiger charge is 2.31. The molecule has 144 valence electrons. The molecule has 3 aromatic rings. The Balaban J connectivity index is 1.30. The Morgan fingerprint density at radius 3 is 2.75 bits per heavy atom. The van der Waals surface area contributed by atoms with E-state index in [2.05, 4.69) is 20.9 Å². The third-order valence-electron chi connectivity index (χ3n) is 5.27. The molecule has 4 rings (SSSR count). The van der Waals surface area contributed by atoms with Crippen molar-refractivity contribution in [2.45, 2.75) is 31.2 Å². The second kappa shape index (κ2) is 7.76. The largest absolute Gasteiger partial charge is 0.508 e. The number of carbonyl (C=O) groups excluding carboxylic acids is 1. The summed E-state index contributed by atoms with van der Waals surface area (Å²) in [6.45, 7) is 0. The van der Waals surface area contributed by atoms with E-state index in [1.807, 2.05) is 42.6 Å². The van der Waals surface area contributed by atoms with Gasteiger partial charge in [-0.2, -0.15) is 0 Å². The van der Waals surface area contributed by atoms with Crippen molar-refractivity contribution in [3.63, 3.8) is 0 Å². The molecule has 0 unspecified atom stereocenters. The first-order valence-corrected chi connectivity index (χ1v) is 9.36. The van der Waals surface area contributed by atoms with Crippen molar-refractivity contribution < 1.29 is 14.6 Å². The van der Waals surface area contributed by atoms with Gasteiger partial charge in [-0.05, 0) is 54.2 Å². The third-order valence-corrected chi connectivity index (χ3v) is 5.27. The molecule has 0 bridgehead atoms. The molecule has 1 heterocycles. The van der Waals surface area contributed by atoms with Crippen molar-refractivity contribution in [3.8, 4) is 11.5 Å². The number of phenolic OH excluding ortho intramolecular Hbond substituents is 1. The van der Waals surface area contributed by atoms with Crippen LogP contribution >= 0.6 is 0 Å². The van der Waals surface area contributed by atoms with E-state index >= 15 is 0 Å². The molecular weight excluding hydrogens is 354 g/mol. The van der Waals surface area contributed by atoms with Gasteiger partial charge in [0.15, 0.2) is 5.82 Å². The van der Waals surface area contributed by atoms with Gasteiger partial charge in [-0.1, -0.05) is 24.3 Å². The summed E-state index contributed by atoms with van der Waals surface area (Å²) in [4.78, 5) is 16.6. The molecule has 2 aromatic carbocycles. The van der Waals surface area contributed by atoms with Crippen molar-refractivity contribution in [1.29, 1.82) is 0 Å². The molecule has 6 nitrogen and oxygen atoms in total. The monoisotopic (exact) mass is 377 g/mol. The Hall–Kier alpha value is -3.28. The second-order valence-electron chi connectivity index (χ2n) is 7.20. The van der Waals surface area contributed by atoms with Crippen LogP contribution in [0.2, 0.25) is 0 Å². The molecule has 28 heavy (non-hydrogen) atoms. The summed E-state index contributed by atoms with van der Waals surface area (Å²) in [5, 5.41) is 12.5. The predicted molar refractivity (Wildman–Crippen MR) is 107 cm³/mol. The molecule has 1 saturated carbocycles. The van der Waals surface area contributed by atoms with E-state index in [0.29, 0.717) is 29.9 Å². The van der Waals surface area contributed by atoms with Gasteiger partial charge in [0, 0.05) is 12.2 Å². The van der Waals surface area contributed by atoms with Gasteiger partial charge in [0.1, 0.15) is 11.5 Å². The van der Waals surface area contributed by atoms with Gasteiger partial charge in [-0.3, -0.25) is 4.79 Å². The highest BCUT2D eigenvalue weighted by Crippen LogP contribution is 2.45. The Labute approximate surface area is 163 Å². The lowest BCUT2D eigenvalue weighted by Gasteiger charge is -2.36. The van der Waals surface area contributed by atoms with Gasteiger partial charge in [0.2, 0.25) is 5.91 Å². The zero-order chi connectivity index (χ0) is 19.5. The molecule has 1 fully saturated rings. The third kappa shape index (κ3) is 4.01. The molecule has 6 heteroatoms. The molecule has 0 aliphatic heterocycles. The number of nitrogens with one attached hydrogen (secondary N) is 1. The fourth-order valence-electron chi connectivity index (χ4n) is 3.60. The number of phenols is 1. The normalized spacial score (nSPS) is 18.3. The lowest BCUT2D eigenvalue weighted by atomic mass is 9.76. The number of methoxy groups -OCH3 is 1. The fraction of sp³-hybridized carbons (Fsp3) is 0.273. The van der Waals surface area contributed by atoms with Crippen molar-refractivity contribution in [2.75, 3.05) is 12.4 Å². The first-order chi connectivity index (χ1) is 13.6. The van der Waals surface area contributed by atoms with Crippen molar-refractivity contribution in [3.05, 3.63) is 72.2 Å². The minimum atomic E-state index is -0.0957. The topological polar surface area (TPSA) is 76.4 Å². The number of aromatic hydroxyl groups is 1. The zero-order valence-electron chi connectivity index (χ0n) is 15.7. The van der Waals surface area contributed by atoms with Crippen LogP contribution < -0.4 is 10.1 Å². The molecule has 0 radical (unpaired) electrons. The summed E-state index contributed by atoms with van der Waals surface area (Å²) < 4.78 is 7.18. The Morgan fingerprint density at radius 2 is 2.04 bits per heavy atom. The quantitative estimate of drug-likeness (QED) is 0.683. The highest BCUT2D eigenvalue weighted by atomic mass is 16.5. The van der Waals surface area contributed by atoms with E-state index in [4.69, 9.17) is 4.74 Å². The number of aromatic nitrogens is 2. The molecule has 1 aliphatic rings. The minimum absolute atomic E-state index is 0.0957. The van der Waals surface area contributed by atoms with Gasteiger partial charge in [0.05, 0.1) is 19.9 Å². The molecule has 2 N–H and O–H groups in total. The molecule has 1 amide bonds. The lowest BCUT2D eigenvalue weighted by molar-refractivity contribution is -0.115. The number of amides is 1. The average Bonchev–Trinajstić information content (AvgIpc) is 3.09. The van der Waals surface area contributed by atoms with Crippen LogP contribution in [0.4, 0.5) is 5.82 Å². The number of hydrogen-bond acceptors (Lipinski definition) is 4. The number of carbonyl (C=O) groups is 1. The first-order valence-electron chi connectivity index (χ1n) is 9.36. The fourth-order valence-corrected chi connectivity index (χ4v) is 3.60. The maximum absolute atomic E-state index is 12.3. The Kier molecular flexibility index (Phi) is 5.02. The Morgan fingerprint density at radius 1 is 1.25 bits per heavy atom. The molecule has 1 aliphatic carbocycles. The second-order valence-corrected chi connectivity index (χ2v) is 7.20. The van der Waals surface area contributed by atoms with Gasteiger partial charge in [-0.25, -0.2) is 4.98 Å². The van der Waals surface area contributed by atoms with E-state index in [0.717, 1.165) is 24.2 Å². The Bertz CT molecular complexity index is 959. The van der Waals surface area contributed by atoms with Crippen LogP contribution in [0.15, 0.2) is 61.1 Å². The molecule has 1 aromatic heterocycles. The molecule has 0 saturated heterocycles. The van der Waals surface area contributed by atoms with E-state index in [1.165, 1.54) is 5.56 Å². The van der Waals surface area contributed by atoms with Crippen LogP contribution in [-0.2, 0) is 11.2 Å². The van der Waals surface area contributed by atoms with Crippen LogP contribution in [0.3, 0.4) is 0 Å². The maximum atomic E-state index is 12.3. The summed E-state index contributed by atoms with van der Waals surface area (Å²) in [7, 11) is 1.62. The van der Waals surface area contributed by atoms with E-state index < -0.39 is 0 Å². The minimum Gasteiger partial charge on any atom is -0.508 e. The smallest absolute Gasteiger partial charge is 0.229 e. The van der Waals surface area contributed by atoms with Gasteiger partial charge < -0.3 is 19.7 Å². The molecule has 0 spiro atoms. The highest BCUT2D eigenvalue weighted by molar-refractivity contribution is 5.91. The van der Waals surface area contributed by atoms with Crippen molar-refractivity contribution in [1.82, 2.24) is 9.55 Å². The summed E-state index contributed by atoms with van der Waals surface area (Å²) in [5.41, 5.74) is 2.09. The number of anilines is 1. The summed E-state index contributed by atoms with van der Waals surface area (Å²) in [6.07, 6.45) is 5.94. The summed E-state index contributed by atoms with van der Waals surface area (Å²) in [5.74, 6) is 2.01. The predicted octanol–water partition coefficient (Wildman–Crippen LogP) is 3.90. The van der Waals surface area contributed by atoms with Gasteiger partial charge >= 0.3 is 0 Å². The number of imidazole rings is 1. The number of hydrogen-bond donors (Lipinski definition) is 2. The van der Waals surface area contributed by atoms with Crippen LogP contribution in [0.25, 0.3) is 0 Å². The van der Waals surface area contributed by atoms with Crippen LogP contribution in [-0.4, -0.2) is 27.7 Å². The van der Waals surface area contributed by atoms with Gasteiger partial charge in [0.25, 0.3) is 0 Å². The van der Waals surface area contributed by atoms with Crippen LogP contribution in [0.1, 0.15) is 35.9 Å². The van der Waals surface area contributed by atoms with Crippen molar-refractivity contribution >= 4 is 11.7 Å². The average molecular weight is 377 g/mol. The van der Waals surface area contributed by atoms with E-state index in [-0.39, 0.29) is 5.91 Å². The molecular formula is C22H23N3O3. The summed E-state index contributed by atoms with van der Waals surface area (Å²) >= 11 is 0. The van der Waals surface area contributed by atoms with E-state index in [9.17, 15) is 9.90 Å². The van der Waals surface area contributed by atoms with Crippen molar-refractivity contribution in [2.24, 2.45) is 0 Å². The van der Waals surface area contributed by atoms with Gasteiger partial charge in [-0.15, -0.1) is 0 Å². The first kappa shape index (κ1) is 18.1. The SMILES string of the molecule is COc1ccc(CC(=O)Nc2cn(C3CC(c4cccc(O)c4)C3)cn2)cc1. The van der Waals surface area contributed by atoms with E-state index in [1.54, 1.807) is 19.5 Å². The number of benzene rings is 2. The zero-order valence-corrected chi connectivity index (χ0v) is 15.7. The standard InChI is InChI=1S/C22H23N3O3/c1-28-20-7-5-15(6-8-20)9-22(27)24-21-13-25(14-23-21)18-10-17(11-18)16-3-2-4-19(26)12-16/h2-8,12-14,17-18,26H,9-11H2,1H3,(H,24,27). The summed E-state index contributed by atoms with van der Waals surface area (Å²) in [6, 6.07) is 15.3. The number of rotatable bonds is 6. The number of nitrogens with zero attached hydrogens (tertiary/aromatic N) is 2. The lowest BCUT2D eigenvalue weighted by Crippen LogP contribution is -2.24. The molecule has 0 atom stereocenters.